The number of carbonyl (C=O) groups excluding carboxylic acids is 1. The van der Waals surface area contributed by atoms with Crippen LogP contribution in [0.25, 0.3) is 0 Å². The van der Waals surface area contributed by atoms with Gasteiger partial charge in [-0.05, 0) is 31.5 Å². The summed E-state index contributed by atoms with van der Waals surface area (Å²) in [4.78, 5) is 14.6. The minimum atomic E-state index is -3.56. The van der Waals surface area contributed by atoms with Crippen LogP contribution in [0.4, 0.5) is 0 Å². The second kappa shape index (κ2) is 8.10. The topological polar surface area (TPSA) is 78.5 Å². The fourth-order valence-electron chi connectivity index (χ4n) is 2.56. The highest BCUT2D eigenvalue weighted by atomic mass is 35.5. The summed E-state index contributed by atoms with van der Waals surface area (Å²) in [5.41, 5.74) is 1.24. The molecule has 0 aliphatic carbocycles. The van der Waals surface area contributed by atoms with Crippen molar-refractivity contribution in [3.63, 3.8) is 0 Å². The van der Waals surface area contributed by atoms with Crippen molar-refractivity contribution >= 4 is 28.3 Å². The van der Waals surface area contributed by atoms with E-state index >= 15 is 0 Å². The van der Waals surface area contributed by atoms with Crippen LogP contribution in [0.2, 0.25) is 0 Å². The lowest BCUT2D eigenvalue weighted by Crippen LogP contribution is -2.51. The van der Waals surface area contributed by atoms with Crippen LogP contribution >= 0.6 is 12.4 Å². The molecule has 0 spiro atoms. The highest BCUT2D eigenvalue weighted by Crippen LogP contribution is 2.18. The Morgan fingerprint density at radius 3 is 2.74 bits per heavy atom. The maximum Gasteiger partial charge on any atom is 0.254 e. The van der Waals surface area contributed by atoms with Crippen molar-refractivity contribution in [2.75, 3.05) is 26.2 Å². The maximum absolute atomic E-state index is 12.7. The monoisotopic (exact) mass is 361 g/mol. The molecule has 1 amide bonds. The van der Waals surface area contributed by atoms with Gasteiger partial charge in [-0.15, -0.1) is 12.4 Å². The molecule has 0 aromatic heterocycles. The molecule has 0 radical (unpaired) electrons. The lowest BCUT2D eigenvalue weighted by molar-refractivity contribution is 0.0708. The number of rotatable bonds is 4. The van der Waals surface area contributed by atoms with Crippen LogP contribution in [0.15, 0.2) is 23.1 Å². The smallest absolute Gasteiger partial charge is 0.254 e. The van der Waals surface area contributed by atoms with Crippen molar-refractivity contribution in [2.45, 2.75) is 31.7 Å². The summed E-state index contributed by atoms with van der Waals surface area (Å²) in [6.07, 6.45) is 0. The summed E-state index contributed by atoms with van der Waals surface area (Å²) in [7, 11) is -3.56. The number of sulfonamides is 1. The molecular formula is C15H24ClN3O3S. The Morgan fingerprint density at radius 2 is 2.13 bits per heavy atom. The molecule has 6 nitrogen and oxygen atoms in total. The van der Waals surface area contributed by atoms with Gasteiger partial charge in [0.25, 0.3) is 5.91 Å². The zero-order valence-corrected chi connectivity index (χ0v) is 15.3. The number of piperazine rings is 1. The number of hydrogen-bond donors (Lipinski definition) is 2. The fourth-order valence-corrected chi connectivity index (χ4v) is 3.63. The molecule has 23 heavy (non-hydrogen) atoms. The minimum absolute atomic E-state index is 0. The highest BCUT2D eigenvalue weighted by molar-refractivity contribution is 7.89. The van der Waals surface area contributed by atoms with Gasteiger partial charge in [0, 0.05) is 37.8 Å². The van der Waals surface area contributed by atoms with E-state index in [0.29, 0.717) is 25.2 Å². The number of hydrogen-bond acceptors (Lipinski definition) is 4. The molecule has 1 heterocycles. The summed E-state index contributed by atoms with van der Waals surface area (Å²) in [5.74, 6) is -0.112. The molecule has 1 aliphatic rings. The molecule has 0 bridgehead atoms. The van der Waals surface area contributed by atoms with Gasteiger partial charge in [0.1, 0.15) is 0 Å². The Balaban J connectivity index is 0.00000264. The summed E-state index contributed by atoms with van der Waals surface area (Å²) < 4.78 is 26.6. The predicted molar refractivity (Wildman–Crippen MR) is 92.7 cm³/mol. The quantitative estimate of drug-likeness (QED) is 0.843. The number of halogens is 1. The van der Waals surface area contributed by atoms with Gasteiger partial charge >= 0.3 is 0 Å². The van der Waals surface area contributed by atoms with E-state index in [1.165, 1.54) is 12.1 Å². The van der Waals surface area contributed by atoms with E-state index in [4.69, 9.17) is 0 Å². The second-order valence-corrected chi connectivity index (χ2v) is 7.35. The van der Waals surface area contributed by atoms with Crippen LogP contribution in [-0.4, -0.2) is 51.4 Å². The molecular weight excluding hydrogens is 338 g/mol. The number of nitrogens with one attached hydrogen (secondary N) is 2. The van der Waals surface area contributed by atoms with Gasteiger partial charge in [-0.2, -0.15) is 0 Å². The van der Waals surface area contributed by atoms with Crippen molar-refractivity contribution in [3.05, 3.63) is 29.3 Å². The molecule has 1 atom stereocenters. The first-order valence-electron chi connectivity index (χ1n) is 7.48. The first-order valence-corrected chi connectivity index (χ1v) is 8.96. The van der Waals surface area contributed by atoms with E-state index in [1.54, 1.807) is 17.9 Å². The first-order chi connectivity index (χ1) is 10.3. The SMILES string of the molecule is CCNS(=O)(=O)c1ccc(C)c(C(=O)N2CCNC(C)C2)c1.Cl. The van der Waals surface area contributed by atoms with Crippen molar-refractivity contribution < 1.29 is 13.2 Å². The third-order valence-corrected chi connectivity index (χ3v) is 5.28. The van der Waals surface area contributed by atoms with Crippen LogP contribution in [0.1, 0.15) is 29.8 Å². The van der Waals surface area contributed by atoms with Crippen molar-refractivity contribution in [2.24, 2.45) is 0 Å². The van der Waals surface area contributed by atoms with E-state index in [2.05, 4.69) is 10.0 Å². The Bertz CT molecular complexity index is 664. The lowest BCUT2D eigenvalue weighted by Gasteiger charge is -2.32. The van der Waals surface area contributed by atoms with Gasteiger partial charge in [-0.3, -0.25) is 4.79 Å². The van der Waals surface area contributed by atoms with Crippen molar-refractivity contribution in [3.8, 4) is 0 Å². The Morgan fingerprint density at radius 1 is 1.43 bits per heavy atom. The normalized spacial score (nSPS) is 18.4. The predicted octanol–water partition coefficient (Wildman–Crippen LogP) is 1.15. The molecule has 1 aliphatic heterocycles. The van der Waals surface area contributed by atoms with Gasteiger partial charge in [-0.25, -0.2) is 13.1 Å². The largest absolute Gasteiger partial charge is 0.336 e. The number of aryl methyl sites for hydroxylation is 1. The van der Waals surface area contributed by atoms with E-state index in [0.717, 1.165) is 12.1 Å². The molecule has 1 aromatic rings. The van der Waals surface area contributed by atoms with Gasteiger partial charge in [-0.1, -0.05) is 13.0 Å². The molecule has 1 saturated heterocycles. The van der Waals surface area contributed by atoms with Crippen LogP contribution < -0.4 is 10.0 Å². The Hall–Kier alpha value is -1.15. The molecule has 130 valence electrons. The summed E-state index contributed by atoms with van der Waals surface area (Å²) >= 11 is 0. The summed E-state index contributed by atoms with van der Waals surface area (Å²) in [6.45, 7) is 7.90. The van der Waals surface area contributed by atoms with E-state index < -0.39 is 10.0 Å². The van der Waals surface area contributed by atoms with E-state index in [-0.39, 0.29) is 29.3 Å². The second-order valence-electron chi connectivity index (χ2n) is 5.58. The zero-order valence-electron chi connectivity index (χ0n) is 13.6. The third-order valence-electron chi connectivity index (χ3n) is 3.74. The fraction of sp³-hybridized carbons (Fsp3) is 0.533. The van der Waals surface area contributed by atoms with Gasteiger partial charge in [0.2, 0.25) is 10.0 Å². The van der Waals surface area contributed by atoms with E-state index in [1.807, 2.05) is 13.8 Å². The Labute approximate surface area is 144 Å². The molecule has 0 saturated carbocycles. The number of nitrogens with zero attached hydrogens (tertiary/aromatic N) is 1. The molecule has 1 unspecified atom stereocenters. The standard InChI is InChI=1S/C15H23N3O3S.ClH/c1-4-17-22(20,21)13-6-5-11(2)14(9-13)15(19)18-8-7-16-12(3)10-18;/h5-6,9,12,16-17H,4,7-8,10H2,1-3H3;1H. The van der Waals surface area contributed by atoms with Gasteiger partial charge in [0.05, 0.1) is 4.90 Å². The first kappa shape index (κ1) is 19.9. The molecule has 8 heteroatoms. The average Bonchev–Trinajstić information content (AvgIpc) is 2.46. The van der Waals surface area contributed by atoms with Crippen LogP contribution in [-0.2, 0) is 10.0 Å². The van der Waals surface area contributed by atoms with Crippen LogP contribution in [0.5, 0.6) is 0 Å². The van der Waals surface area contributed by atoms with Crippen LogP contribution in [0.3, 0.4) is 0 Å². The summed E-state index contributed by atoms with van der Waals surface area (Å²) in [6, 6.07) is 4.93. The van der Waals surface area contributed by atoms with Crippen molar-refractivity contribution in [1.82, 2.24) is 14.9 Å². The minimum Gasteiger partial charge on any atom is -0.336 e. The zero-order chi connectivity index (χ0) is 16.3. The Kier molecular flexibility index (Phi) is 7.01. The molecule has 1 fully saturated rings. The third kappa shape index (κ3) is 4.67. The lowest BCUT2D eigenvalue weighted by atomic mass is 10.1. The van der Waals surface area contributed by atoms with Gasteiger partial charge in [0.15, 0.2) is 0 Å². The average molecular weight is 362 g/mol. The van der Waals surface area contributed by atoms with Gasteiger partial charge < -0.3 is 10.2 Å². The van der Waals surface area contributed by atoms with E-state index in [9.17, 15) is 13.2 Å². The number of carbonyl (C=O) groups is 1. The molecule has 2 rings (SSSR count). The number of benzene rings is 1. The summed E-state index contributed by atoms with van der Waals surface area (Å²) in [5, 5.41) is 3.29. The molecule has 1 aromatic carbocycles. The molecule has 2 N–H and O–H groups in total. The maximum atomic E-state index is 12.7. The van der Waals surface area contributed by atoms with Crippen molar-refractivity contribution in [1.29, 1.82) is 0 Å². The number of amides is 1. The highest BCUT2D eigenvalue weighted by Gasteiger charge is 2.24. The van der Waals surface area contributed by atoms with Crippen LogP contribution in [0, 0.1) is 6.92 Å².